The van der Waals surface area contributed by atoms with Crippen molar-refractivity contribution < 1.29 is 30.0 Å². The molecule has 8 nitrogen and oxygen atoms in total. The summed E-state index contributed by atoms with van der Waals surface area (Å²) < 4.78 is 90.9. The van der Waals surface area contributed by atoms with Gasteiger partial charge in [0, 0.05) is 37.9 Å². The van der Waals surface area contributed by atoms with E-state index in [1.165, 1.54) is 4.31 Å². The first kappa shape index (κ1) is 27.9. The number of benzene rings is 2. The fourth-order valence-electron chi connectivity index (χ4n) is 4.18. The zero-order chi connectivity index (χ0) is 26.6. The van der Waals surface area contributed by atoms with Crippen molar-refractivity contribution in [2.45, 2.75) is 37.9 Å². The summed E-state index contributed by atoms with van der Waals surface area (Å²) in [6.45, 7) is 8.53. The second-order valence-corrected chi connectivity index (χ2v) is 12.2. The number of anilines is 1. The van der Waals surface area contributed by atoms with Crippen LogP contribution in [0.3, 0.4) is 0 Å². The van der Waals surface area contributed by atoms with Crippen molar-refractivity contribution in [1.82, 2.24) is 9.03 Å². The van der Waals surface area contributed by atoms with E-state index in [9.17, 15) is 30.0 Å². The zero-order valence-electron chi connectivity index (χ0n) is 19.6. The Balaban J connectivity index is 2.01. The van der Waals surface area contributed by atoms with Gasteiger partial charge in [0.25, 0.3) is 0 Å². The normalized spacial score (nSPS) is 17.3. The summed E-state index contributed by atoms with van der Waals surface area (Å²) in [6, 6.07) is 13.4. The highest BCUT2D eigenvalue weighted by Crippen LogP contribution is 2.33. The molecule has 0 saturated carbocycles. The number of alkyl halides is 3. The maximum absolute atomic E-state index is 13.3. The van der Waals surface area contributed by atoms with Crippen molar-refractivity contribution in [2.75, 3.05) is 30.3 Å². The maximum Gasteiger partial charge on any atom is 0.511 e. The molecule has 0 bridgehead atoms. The standard InChI is InChI=1S/C23H27F3N4O4S2/c1-3-13-35(31,32)30-16-19-15-20(27-2)9-10-22(19)29(12-11-28-36(33,34)23(24,25)26)17-21(30)14-18-7-5-4-6-8-18/h4-10,15,21,28H,3,11-14,16-17H2,1H3/t21-/m1/s1. The van der Waals surface area contributed by atoms with Gasteiger partial charge in [-0.3, -0.25) is 0 Å². The van der Waals surface area contributed by atoms with E-state index in [-0.39, 0.29) is 25.4 Å². The summed E-state index contributed by atoms with van der Waals surface area (Å²) in [5, 5.41) is 0. The summed E-state index contributed by atoms with van der Waals surface area (Å²) in [5.41, 5.74) is -3.20. The molecule has 0 spiro atoms. The summed E-state index contributed by atoms with van der Waals surface area (Å²) in [5.74, 6) is -0.0818. The third kappa shape index (κ3) is 6.56. The predicted octanol–water partition coefficient (Wildman–Crippen LogP) is 3.65. The van der Waals surface area contributed by atoms with Crippen molar-refractivity contribution >= 4 is 31.4 Å². The van der Waals surface area contributed by atoms with Crippen molar-refractivity contribution in [1.29, 1.82) is 0 Å². The molecule has 0 radical (unpaired) electrons. The smallest absolute Gasteiger partial charge is 0.368 e. The van der Waals surface area contributed by atoms with Crippen molar-refractivity contribution in [3.8, 4) is 0 Å². The molecule has 0 fully saturated rings. The molecule has 1 N–H and O–H groups in total. The molecule has 1 aliphatic heterocycles. The second kappa shape index (κ2) is 11.2. The van der Waals surface area contributed by atoms with Gasteiger partial charge < -0.3 is 4.90 Å². The molecule has 196 valence electrons. The molecule has 1 aliphatic rings. The van der Waals surface area contributed by atoms with Gasteiger partial charge in [-0.2, -0.15) is 17.5 Å². The summed E-state index contributed by atoms with van der Waals surface area (Å²) in [7, 11) is -9.23. The molecule has 0 saturated heterocycles. The van der Waals surface area contributed by atoms with Crippen LogP contribution in [0.5, 0.6) is 0 Å². The van der Waals surface area contributed by atoms with Crippen LogP contribution in [-0.2, 0) is 33.0 Å². The minimum Gasteiger partial charge on any atom is -0.368 e. The quantitative estimate of drug-likeness (QED) is 0.487. The average Bonchev–Trinajstić information content (AvgIpc) is 2.96. The Labute approximate surface area is 209 Å². The van der Waals surface area contributed by atoms with E-state index in [1.54, 1.807) is 34.7 Å². The minimum atomic E-state index is -5.52. The van der Waals surface area contributed by atoms with Crippen LogP contribution in [0.4, 0.5) is 24.5 Å². The van der Waals surface area contributed by atoms with E-state index in [2.05, 4.69) is 4.85 Å². The van der Waals surface area contributed by atoms with Crippen molar-refractivity contribution in [3.63, 3.8) is 0 Å². The number of sulfonamides is 2. The molecule has 36 heavy (non-hydrogen) atoms. The van der Waals surface area contributed by atoms with E-state index < -0.39 is 38.1 Å². The summed E-state index contributed by atoms with van der Waals surface area (Å²) in [4.78, 5) is 5.09. The van der Waals surface area contributed by atoms with E-state index in [0.29, 0.717) is 29.8 Å². The predicted molar refractivity (Wildman–Crippen MR) is 131 cm³/mol. The number of hydrogen-bond acceptors (Lipinski definition) is 5. The highest BCUT2D eigenvalue weighted by Gasteiger charge is 2.45. The lowest BCUT2D eigenvalue weighted by molar-refractivity contribution is -0.0447. The van der Waals surface area contributed by atoms with Crippen molar-refractivity contribution in [2.24, 2.45) is 0 Å². The average molecular weight is 545 g/mol. The molecule has 1 heterocycles. The van der Waals surface area contributed by atoms with Gasteiger partial charge in [0.15, 0.2) is 5.69 Å². The Bertz CT molecular complexity index is 1310. The Morgan fingerprint density at radius 3 is 2.42 bits per heavy atom. The van der Waals surface area contributed by atoms with Gasteiger partial charge in [0.1, 0.15) is 0 Å². The number of nitrogens with one attached hydrogen (secondary N) is 1. The molecule has 2 aromatic carbocycles. The minimum absolute atomic E-state index is 0.0106. The Hall–Kier alpha value is -2.66. The van der Waals surface area contributed by atoms with Gasteiger partial charge in [-0.25, -0.2) is 26.4 Å². The van der Waals surface area contributed by atoms with Crippen LogP contribution < -0.4 is 9.62 Å². The summed E-state index contributed by atoms with van der Waals surface area (Å²) >= 11 is 0. The second-order valence-electron chi connectivity index (χ2n) is 8.42. The van der Waals surface area contributed by atoms with Crippen LogP contribution in [-0.4, -0.2) is 58.1 Å². The van der Waals surface area contributed by atoms with E-state index >= 15 is 0 Å². The maximum atomic E-state index is 13.3. The van der Waals surface area contributed by atoms with Gasteiger partial charge in [-0.05, 0) is 36.1 Å². The van der Waals surface area contributed by atoms with E-state index in [4.69, 9.17) is 6.57 Å². The monoisotopic (exact) mass is 544 g/mol. The van der Waals surface area contributed by atoms with E-state index in [0.717, 1.165) is 5.56 Å². The first-order valence-electron chi connectivity index (χ1n) is 11.2. The first-order valence-corrected chi connectivity index (χ1v) is 14.3. The number of fused-ring (bicyclic) bond motifs is 1. The molecule has 13 heteroatoms. The summed E-state index contributed by atoms with van der Waals surface area (Å²) in [6.07, 6.45) is 0.743. The van der Waals surface area contributed by atoms with Crippen molar-refractivity contribution in [3.05, 3.63) is 71.1 Å². The molecular weight excluding hydrogens is 517 g/mol. The van der Waals surface area contributed by atoms with Crippen LogP contribution in [0, 0.1) is 6.57 Å². The lowest BCUT2D eigenvalue weighted by Crippen LogP contribution is -2.48. The van der Waals surface area contributed by atoms with Crippen LogP contribution in [0.25, 0.3) is 4.85 Å². The van der Waals surface area contributed by atoms with Crippen LogP contribution in [0.15, 0.2) is 48.5 Å². The molecule has 0 amide bonds. The molecule has 3 rings (SSSR count). The SMILES string of the molecule is [C-]#[N+]c1ccc2c(c1)CN(S(=O)(=O)CCC)[C@H](Cc1ccccc1)CN2CCNS(=O)(=O)C(F)(F)F. The van der Waals surface area contributed by atoms with Gasteiger partial charge >= 0.3 is 15.5 Å². The fraction of sp³-hybridized carbons (Fsp3) is 0.435. The topological polar surface area (TPSA) is 91.2 Å². The van der Waals surface area contributed by atoms with E-state index in [1.807, 2.05) is 30.3 Å². The molecular formula is C23H27F3N4O4S2. The van der Waals surface area contributed by atoms with Gasteiger partial charge in [0.2, 0.25) is 10.0 Å². The van der Waals surface area contributed by atoms with Crippen LogP contribution in [0.2, 0.25) is 0 Å². The lowest BCUT2D eigenvalue weighted by Gasteiger charge is -2.32. The molecule has 2 aromatic rings. The molecule has 0 aliphatic carbocycles. The zero-order valence-corrected chi connectivity index (χ0v) is 21.2. The van der Waals surface area contributed by atoms with Gasteiger partial charge in [-0.15, -0.1) is 0 Å². The third-order valence-corrected chi connectivity index (χ3v) is 9.07. The number of halogens is 3. The number of hydrogen-bond donors (Lipinski definition) is 1. The number of nitrogens with zero attached hydrogens (tertiary/aromatic N) is 3. The lowest BCUT2D eigenvalue weighted by atomic mass is 10.1. The fourth-order valence-corrected chi connectivity index (χ4v) is 6.38. The number of rotatable bonds is 9. The molecule has 0 aromatic heterocycles. The Morgan fingerprint density at radius 2 is 1.81 bits per heavy atom. The van der Waals surface area contributed by atoms with Crippen LogP contribution >= 0.6 is 0 Å². The van der Waals surface area contributed by atoms with Crippen LogP contribution in [0.1, 0.15) is 24.5 Å². The largest absolute Gasteiger partial charge is 0.511 e. The van der Waals surface area contributed by atoms with Gasteiger partial charge in [-0.1, -0.05) is 43.3 Å². The Morgan fingerprint density at radius 1 is 1.11 bits per heavy atom. The highest BCUT2D eigenvalue weighted by atomic mass is 32.2. The highest BCUT2D eigenvalue weighted by molar-refractivity contribution is 7.90. The molecule has 1 atom stereocenters. The molecule has 0 unspecified atom stereocenters. The first-order chi connectivity index (χ1) is 16.9. The van der Waals surface area contributed by atoms with Gasteiger partial charge in [0.05, 0.1) is 12.3 Å². The third-order valence-electron chi connectivity index (χ3n) is 5.81. The Kier molecular flexibility index (Phi) is 8.66.